The van der Waals surface area contributed by atoms with Crippen molar-refractivity contribution in [2.75, 3.05) is 26.2 Å². The summed E-state index contributed by atoms with van der Waals surface area (Å²) in [6.07, 6.45) is 4.48. The molecule has 0 heterocycles. The van der Waals surface area contributed by atoms with E-state index in [0.29, 0.717) is 6.61 Å². The van der Waals surface area contributed by atoms with E-state index >= 15 is 0 Å². The standard InChI is InChI=1S/C8H20N2O/c9-5-7-10-6-3-1-2-4-8-11/h10-11H,1-9H2. The topological polar surface area (TPSA) is 58.3 Å². The van der Waals surface area contributed by atoms with E-state index in [4.69, 9.17) is 10.8 Å². The molecule has 3 heteroatoms. The molecule has 0 unspecified atom stereocenters. The van der Waals surface area contributed by atoms with E-state index in [9.17, 15) is 0 Å². The number of hydrogen-bond acceptors (Lipinski definition) is 3. The molecule has 0 aliphatic heterocycles. The average molecular weight is 160 g/mol. The van der Waals surface area contributed by atoms with E-state index in [1.165, 1.54) is 12.8 Å². The van der Waals surface area contributed by atoms with Crippen molar-refractivity contribution < 1.29 is 5.11 Å². The van der Waals surface area contributed by atoms with Gasteiger partial charge in [-0.25, -0.2) is 0 Å². The van der Waals surface area contributed by atoms with Crippen LogP contribution < -0.4 is 11.1 Å². The summed E-state index contributed by atoms with van der Waals surface area (Å²) in [6.45, 7) is 3.02. The summed E-state index contributed by atoms with van der Waals surface area (Å²) in [7, 11) is 0. The molecule has 0 atom stereocenters. The number of nitrogens with two attached hydrogens (primary N) is 1. The predicted octanol–water partition coefficient (Wildman–Crippen LogP) is 0.0874. The molecular formula is C8H20N2O. The first-order valence-corrected chi connectivity index (χ1v) is 4.43. The number of aliphatic hydroxyl groups is 1. The van der Waals surface area contributed by atoms with E-state index in [-0.39, 0.29) is 0 Å². The van der Waals surface area contributed by atoms with Crippen molar-refractivity contribution in [2.24, 2.45) is 5.73 Å². The van der Waals surface area contributed by atoms with Crippen molar-refractivity contribution in [3.05, 3.63) is 0 Å². The van der Waals surface area contributed by atoms with Crippen LogP contribution >= 0.6 is 0 Å². The Labute approximate surface area is 69.0 Å². The van der Waals surface area contributed by atoms with Gasteiger partial charge in [-0.3, -0.25) is 0 Å². The van der Waals surface area contributed by atoms with Crippen LogP contribution in [-0.4, -0.2) is 31.3 Å². The Balaban J connectivity index is 2.69. The van der Waals surface area contributed by atoms with Crippen molar-refractivity contribution in [1.82, 2.24) is 5.32 Å². The average Bonchev–Trinajstić information content (AvgIpc) is 2.03. The molecular weight excluding hydrogens is 140 g/mol. The van der Waals surface area contributed by atoms with Gasteiger partial charge in [-0.05, 0) is 19.4 Å². The Bertz CT molecular complexity index is 61.1. The highest BCUT2D eigenvalue weighted by molar-refractivity contribution is 4.48. The van der Waals surface area contributed by atoms with Gasteiger partial charge in [-0.2, -0.15) is 0 Å². The lowest BCUT2D eigenvalue weighted by Gasteiger charge is -2.01. The SMILES string of the molecule is NCCNCCCCCCO. The summed E-state index contributed by atoms with van der Waals surface area (Å²) in [4.78, 5) is 0. The molecule has 0 bridgehead atoms. The molecule has 0 aliphatic rings. The van der Waals surface area contributed by atoms with Gasteiger partial charge in [0.15, 0.2) is 0 Å². The summed E-state index contributed by atoms with van der Waals surface area (Å²) < 4.78 is 0. The first kappa shape index (κ1) is 10.9. The molecule has 11 heavy (non-hydrogen) atoms. The van der Waals surface area contributed by atoms with E-state index in [1.54, 1.807) is 0 Å². The molecule has 0 amide bonds. The van der Waals surface area contributed by atoms with Crippen LogP contribution in [0.4, 0.5) is 0 Å². The molecule has 0 spiro atoms. The second-order valence-corrected chi connectivity index (χ2v) is 2.68. The smallest absolute Gasteiger partial charge is 0.0431 e. The molecule has 0 aromatic rings. The number of aliphatic hydroxyl groups excluding tert-OH is 1. The fraction of sp³-hybridized carbons (Fsp3) is 1.00. The maximum Gasteiger partial charge on any atom is 0.0431 e. The number of nitrogens with one attached hydrogen (secondary N) is 1. The van der Waals surface area contributed by atoms with E-state index in [0.717, 1.165) is 32.5 Å². The Hall–Kier alpha value is -0.120. The van der Waals surface area contributed by atoms with Crippen molar-refractivity contribution in [1.29, 1.82) is 0 Å². The normalized spacial score (nSPS) is 10.4. The van der Waals surface area contributed by atoms with Crippen LogP contribution in [0.2, 0.25) is 0 Å². The molecule has 0 aromatic heterocycles. The van der Waals surface area contributed by atoms with Gasteiger partial charge < -0.3 is 16.2 Å². The fourth-order valence-electron chi connectivity index (χ4n) is 0.942. The van der Waals surface area contributed by atoms with Crippen molar-refractivity contribution in [3.63, 3.8) is 0 Å². The van der Waals surface area contributed by atoms with Crippen LogP contribution in [0.1, 0.15) is 25.7 Å². The molecule has 0 rings (SSSR count). The van der Waals surface area contributed by atoms with Gasteiger partial charge in [-0.15, -0.1) is 0 Å². The minimum Gasteiger partial charge on any atom is -0.396 e. The molecule has 0 saturated carbocycles. The minimum atomic E-state index is 0.330. The summed E-state index contributed by atoms with van der Waals surface area (Å²) in [5.74, 6) is 0. The molecule has 0 fully saturated rings. The van der Waals surface area contributed by atoms with Crippen LogP contribution in [0, 0.1) is 0 Å². The first-order chi connectivity index (χ1) is 5.41. The van der Waals surface area contributed by atoms with Crippen LogP contribution in [0.15, 0.2) is 0 Å². The number of hydrogen-bond donors (Lipinski definition) is 3. The van der Waals surface area contributed by atoms with Gasteiger partial charge in [0.05, 0.1) is 0 Å². The van der Waals surface area contributed by atoms with Gasteiger partial charge in [0.25, 0.3) is 0 Å². The maximum atomic E-state index is 8.47. The third-order valence-electron chi connectivity index (χ3n) is 1.58. The van der Waals surface area contributed by atoms with Gasteiger partial charge >= 0.3 is 0 Å². The second-order valence-electron chi connectivity index (χ2n) is 2.68. The zero-order chi connectivity index (χ0) is 8.36. The molecule has 4 N–H and O–H groups in total. The molecule has 0 radical (unpaired) electrons. The molecule has 3 nitrogen and oxygen atoms in total. The largest absolute Gasteiger partial charge is 0.396 e. The first-order valence-electron chi connectivity index (χ1n) is 4.43. The lowest BCUT2D eigenvalue weighted by atomic mass is 10.2. The van der Waals surface area contributed by atoms with Gasteiger partial charge in [0.2, 0.25) is 0 Å². The summed E-state index contributed by atoms with van der Waals surface area (Å²) in [5.41, 5.74) is 5.30. The number of unbranched alkanes of at least 4 members (excludes halogenated alkanes) is 3. The fourth-order valence-corrected chi connectivity index (χ4v) is 0.942. The van der Waals surface area contributed by atoms with Crippen molar-refractivity contribution in [2.45, 2.75) is 25.7 Å². The quantitative estimate of drug-likeness (QED) is 0.441. The Kier molecular flexibility index (Phi) is 9.77. The van der Waals surface area contributed by atoms with E-state index < -0.39 is 0 Å². The van der Waals surface area contributed by atoms with Crippen LogP contribution in [0.25, 0.3) is 0 Å². The molecule has 68 valence electrons. The lowest BCUT2D eigenvalue weighted by Crippen LogP contribution is -2.23. The van der Waals surface area contributed by atoms with Gasteiger partial charge in [-0.1, -0.05) is 12.8 Å². The molecule has 0 aliphatic carbocycles. The summed E-state index contributed by atoms with van der Waals surface area (Å²) >= 11 is 0. The van der Waals surface area contributed by atoms with Gasteiger partial charge in [0.1, 0.15) is 0 Å². The Morgan fingerprint density at radius 3 is 2.36 bits per heavy atom. The number of rotatable bonds is 8. The Morgan fingerprint density at radius 1 is 1.00 bits per heavy atom. The zero-order valence-corrected chi connectivity index (χ0v) is 7.18. The van der Waals surface area contributed by atoms with E-state index in [1.807, 2.05) is 0 Å². The molecule has 0 aromatic carbocycles. The summed E-state index contributed by atoms with van der Waals surface area (Å²) in [5, 5.41) is 11.7. The highest BCUT2D eigenvalue weighted by Gasteiger charge is 1.88. The summed E-state index contributed by atoms with van der Waals surface area (Å²) in [6, 6.07) is 0. The monoisotopic (exact) mass is 160 g/mol. The van der Waals surface area contributed by atoms with Crippen LogP contribution in [0.3, 0.4) is 0 Å². The lowest BCUT2D eigenvalue weighted by molar-refractivity contribution is 0.282. The third kappa shape index (κ3) is 9.88. The van der Waals surface area contributed by atoms with Crippen molar-refractivity contribution >= 4 is 0 Å². The molecule has 0 saturated heterocycles. The minimum absolute atomic E-state index is 0.330. The highest BCUT2D eigenvalue weighted by Crippen LogP contribution is 1.96. The Morgan fingerprint density at radius 2 is 1.73 bits per heavy atom. The second kappa shape index (κ2) is 9.88. The highest BCUT2D eigenvalue weighted by atomic mass is 16.2. The third-order valence-corrected chi connectivity index (χ3v) is 1.58. The van der Waals surface area contributed by atoms with E-state index in [2.05, 4.69) is 5.32 Å². The predicted molar refractivity (Wildman–Crippen MR) is 47.5 cm³/mol. The van der Waals surface area contributed by atoms with Crippen LogP contribution in [0.5, 0.6) is 0 Å². The maximum absolute atomic E-state index is 8.47. The van der Waals surface area contributed by atoms with Crippen LogP contribution in [-0.2, 0) is 0 Å². The van der Waals surface area contributed by atoms with Gasteiger partial charge in [0, 0.05) is 19.7 Å². The zero-order valence-electron chi connectivity index (χ0n) is 7.18. The van der Waals surface area contributed by atoms with Crippen molar-refractivity contribution in [3.8, 4) is 0 Å².